The van der Waals surface area contributed by atoms with E-state index in [0.717, 1.165) is 15.8 Å². The molecule has 2 aromatic rings. The first-order chi connectivity index (χ1) is 11.5. The molecule has 1 saturated heterocycles. The van der Waals surface area contributed by atoms with Crippen molar-refractivity contribution < 1.29 is 14.2 Å². The van der Waals surface area contributed by atoms with E-state index in [0.29, 0.717) is 28.6 Å². The molecule has 0 saturated carbocycles. The van der Waals surface area contributed by atoms with Crippen molar-refractivity contribution in [1.29, 1.82) is 0 Å². The van der Waals surface area contributed by atoms with Crippen molar-refractivity contribution in [2.75, 3.05) is 18.5 Å². The summed E-state index contributed by atoms with van der Waals surface area (Å²) >= 11 is 19.1. The molecule has 1 heterocycles. The van der Waals surface area contributed by atoms with E-state index in [2.05, 4.69) is 31.9 Å². The van der Waals surface area contributed by atoms with Gasteiger partial charge in [0.05, 0.1) is 17.0 Å². The SMILES string of the molecule is Clc1ccc([C@@]2(CBr)OC[C@H](COc3ccc(Br)cc3)O2)c(Cl)c1. The summed E-state index contributed by atoms with van der Waals surface area (Å²) in [7, 11) is 0. The molecule has 0 aliphatic carbocycles. The monoisotopic (exact) mass is 494 g/mol. The lowest BCUT2D eigenvalue weighted by molar-refractivity contribution is -0.159. The van der Waals surface area contributed by atoms with Crippen LogP contribution in [0.1, 0.15) is 5.56 Å². The van der Waals surface area contributed by atoms with Gasteiger partial charge < -0.3 is 14.2 Å². The smallest absolute Gasteiger partial charge is 0.206 e. The van der Waals surface area contributed by atoms with Crippen LogP contribution in [0.2, 0.25) is 10.0 Å². The summed E-state index contributed by atoms with van der Waals surface area (Å²) in [4.78, 5) is 0. The van der Waals surface area contributed by atoms with Gasteiger partial charge in [0.15, 0.2) is 0 Å². The lowest BCUT2D eigenvalue weighted by Gasteiger charge is -2.27. The molecule has 3 nitrogen and oxygen atoms in total. The first kappa shape index (κ1) is 18.5. The van der Waals surface area contributed by atoms with Gasteiger partial charge in [0, 0.05) is 15.1 Å². The van der Waals surface area contributed by atoms with Crippen LogP contribution >= 0.6 is 55.1 Å². The zero-order valence-corrected chi connectivity index (χ0v) is 17.2. The van der Waals surface area contributed by atoms with Gasteiger partial charge in [-0.15, -0.1) is 0 Å². The predicted molar refractivity (Wildman–Crippen MR) is 102 cm³/mol. The largest absolute Gasteiger partial charge is 0.491 e. The van der Waals surface area contributed by atoms with E-state index >= 15 is 0 Å². The molecule has 1 fully saturated rings. The van der Waals surface area contributed by atoms with Gasteiger partial charge in [-0.3, -0.25) is 0 Å². The van der Waals surface area contributed by atoms with Crippen molar-refractivity contribution in [2.45, 2.75) is 11.9 Å². The average Bonchev–Trinajstić information content (AvgIpc) is 2.99. The molecule has 0 bridgehead atoms. The Morgan fingerprint density at radius 3 is 2.58 bits per heavy atom. The number of hydrogen-bond acceptors (Lipinski definition) is 3. The highest BCUT2D eigenvalue weighted by atomic mass is 79.9. The van der Waals surface area contributed by atoms with Crippen molar-refractivity contribution in [3.63, 3.8) is 0 Å². The van der Waals surface area contributed by atoms with Crippen LogP contribution in [0.3, 0.4) is 0 Å². The Hall–Kier alpha value is -0.300. The first-order valence-electron chi connectivity index (χ1n) is 7.24. The van der Waals surface area contributed by atoms with Crippen LogP contribution < -0.4 is 4.74 Å². The van der Waals surface area contributed by atoms with Crippen molar-refractivity contribution in [1.82, 2.24) is 0 Å². The fourth-order valence-electron chi connectivity index (χ4n) is 2.45. The number of alkyl halides is 1. The Balaban J connectivity index is 1.68. The fraction of sp³-hybridized carbons (Fsp3) is 0.294. The van der Waals surface area contributed by atoms with Crippen LogP contribution in [-0.4, -0.2) is 24.6 Å². The average molecular weight is 497 g/mol. The van der Waals surface area contributed by atoms with Crippen molar-refractivity contribution >= 4 is 55.1 Å². The maximum absolute atomic E-state index is 6.31. The summed E-state index contributed by atoms with van der Waals surface area (Å²) < 4.78 is 18.8. The molecule has 0 aromatic heterocycles. The topological polar surface area (TPSA) is 27.7 Å². The van der Waals surface area contributed by atoms with Gasteiger partial charge in [-0.05, 0) is 36.4 Å². The Morgan fingerprint density at radius 1 is 1.17 bits per heavy atom. The van der Waals surface area contributed by atoms with Gasteiger partial charge in [0.25, 0.3) is 0 Å². The molecule has 1 aliphatic rings. The minimum atomic E-state index is -0.935. The van der Waals surface area contributed by atoms with E-state index in [1.54, 1.807) is 12.1 Å². The van der Waals surface area contributed by atoms with Gasteiger partial charge in [0.1, 0.15) is 18.5 Å². The summed E-state index contributed by atoms with van der Waals surface area (Å²) in [5, 5.41) is 1.54. The van der Waals surface area contributed by atoms with Gasteiger partial charge in [-0.2, -0.15) is 0 Å². The Kier molecular flexibility index (Phi) is 6.11. The maximum atomic E-state index is 6.31. The lowest BCUT2D eigenvalue weighted by Crippen LogP contribution is -2.31. The normalized spacial score (nSPS) is 23.4. The molecular weight excluding hydrogens is 483 g/mol. The molecule has 0 amide bonds. The zero-order valence-electron chi connectivity index (χ0n) is 12.5. The number of hydrogen-bond donors (Lipinski definition) is 0. The summed E-state index contributed by atoms with van der Waals surface area (Å²) in [6.45, 7) is 0.808. The molecule has 128 valence electrons. The Morgan fingerprint density at radius 2 is 1.92 bits per heavy atom. The molecule has 3 rings (SSSR count). The Labute approximate surface area is 167 Å². The molecule has 2 atom stereocenters. The second kappa shape index (κ2) is 7.94. The summed E-state index contributed by atoms with van der Waals surface area (Å²) in [5.41, 5.74) is 0.747. The lowest BCUT2D eigenvalue weighted by atomic mass is 10.1. The molecule has 0 unspecified atom stereocenters. The minimum absolute atomic E-state index is 0.196. The molecule has 1 aliphatic heterocycles. The molecule has 0 spiro atoms. The molecule has 0 N–H and O–H groups in total. The van der Waals surface area contributed by atoms with Crippen LogP contribution in [0.25, 0.3) is 0 Å². The van der Waals surface area contributed by atoms with Crippen LogP contribution in [0, 0.1) is 0 Å². The van der Waals surface area contributed by atoms with Gasteiger partial charge >= 0.3 is 0 Å². The number of halogens is 4. The van der Waals surface area contributed by atoms with E-state index in [1.165, 1.54) is 0 Å². The number of rotatable bonds is 5. The van der Waals surface area contributed by atoms with Gasteiger partial charge in [-0.25, -0.2) is 0 Å². The predicted octanol–water partition coefficient (Wildman–Crippen LogP) is 5.80. The third-order valence-electron chi connectivity index (χ3n) is 3.63. The molecule has 24 heavy (non-hydrogen) atoms. The fourth-order valence-corrected chi connectivity index (χ4v) is 3.86. The zero-order chi connectivity index (χ0) is 17.2. The first-order valence-corrected chi connectivity index (χ1v) is 9.91. The van der Waals surface area contributed by atoms with Crippen molar-refractivity contribution in [2.24, 2.45) is 0 Å². The quantitative estimate of drug-likeness (QED) is 0.490. The molecule has 0 radical (unpaired) electrons. The van der Waals surface area contributed by atoms with E-state index in [1.807, 2.05) is 30.3 Å². The van der Waals surface area contributed by atoms with Crippen molar-refractivity contribution in [3.05, 3.63) is 62.5 Å². The second-order valence-corrected chi connectivity index (χ2v) is 7.65. The maximum Gasteiger partial charge on any atom is 0.206 e. The summed E-state index contributed by atoms with van der Waals surface area (Å²) in [6, 6.07) is 12.9. The third-order valence-corrected chi connectivity index (χ3v) is 5.44. The molecule has 7 heteroatoms. The van der Waals surface area contributed by atoms with E-state index in [9.17, 15) is 0 Å². The number of ether oxygens (including phenoxy) is 3. The third kappa shape index (κ3) is 4.09. The second-order valence-electron chi connectivity index (χ2n) is 5.33. The van der Waals surface area contributed by atoms with E-state index in [-0.39, 0.29) is 6.10 Å². The van der Waals surface area contributed by atoms with Crippen molar-refractivity contribution in [3.8, 4) is 5.75 Å². The highest BCUT2D eigenvalue weighted by Gasteiger charge is 2.44. The highest BCUT2D eigenvalue weighted by Crippen LogP contribution is 2.40. The van der Waals surface area contributed by atoms with E-state index in [4.69, 9.17) is 37.4 Å². The minimum Gasteiger partial charge on any atom is -0.491 e. The van der Waals surface area contributed by atoms with Crippen LogP contribution in [0.5, 0.6) is 5.75 Å². The standard InChI is InChI=1S/C17H14Br2Cl2O3/c18-10-17(15-6-3-12(20)7-16(15)21)23-9-14(24-17)8-22-13-4-1-11(19)2-5-13/h1-7,14H,8-10H2/t14-,17-/m0/s1. The van der Waals surface area contributed by atoms with Crippen LogP contribution in [0.15, 0.2) is 46.9 Å². The summed E-state index contributed by atoms with van der Waals surface area (Å²) in [6.07, 6.45) is -0.196. The highest BCUT2D eigenvalue weighted by molar-refractivity contribution is 9.10. The van der Waals surface area contributed by atoms with Crippen LogP contribution in [0.4, 0.5) is 0 Å². The molecule has 2 aromatic carbocycles. The van der Waals surface area contributed by atoms with Gasteiger partial charge in [0.2, 0.25) is 5.79 Å². The Bertz CT molecular complexity index is 711. The number of benzene rings is 2. The van der Waals surface area contributed by atoms with E-state index < -0.39 is 5.79 Å². The van der Waals surface area contributed by atoms with Crippen LogP contribution in [-0.2, 0) is 15.3 Å². The molecular formula is C17H14Br2Cl2O3. The summed E-state index contributed by atoms with van der Waals surface area (Å²) in [5.74, 6) is -0.155. The van der Waals surface area contributed by atoms with Gasteiger partial charge in [-0.1, -0.05) is 61.1 Å².